The molecule has 3 nitrogen and oxygen atoms in total. The Bertz CT molecular complexity index is 608. The van der Waals surface area contributed by atoms with E-state index in [1.807, 2.05) is 24.3 Å². The summed E-state index contributed by atoms with van der Waals surface area (Å²) in [5, 5.41) is 3.13. The van der Waals surface area contributed by atoms with Gasteiger partial charge in [-0.25, -0.2) is 4.99 Å². The van der Waals surface area contributed by atoms with E-state index in [1.54, 1.807) is 0 Å². The molecule has 0 fully saturated rings. The first kappa shape index (κ1) is 17.1. The Labute approximate surface area is 132 Å². The van der Waals surface area contributed by atoms with Crippen LogP contribution in [-0.2, 0) is 12.8 Å². The molecule has 0 heterocycles. The van der Waals surface area contributed by atoms with Gasteiger partial charge in [0, 0.05) is 5.69 Å². The summed E-state index contributed by atoms with van der Waals surface area (Å²) in [6, 6.07) is 16.3. The number of hydrogen-bond acceptors (Lipinski definition) is 1. The normalized spacial score (nSPS) is 10.9. The van der Waals surface area contributed by atoms with Crippen LogP contribution in [0.2, 0.25) is 0 Å². The monoisotopic (exact) mass is 302 g/mol. The summed E-state index contributed by atoms with van der Waals surface area (Å²) >= 11 is 0. The second-order valence-corrected chi connectivity index (χ2v) is 4.70. The summed E-state index contributed by atoms with van der Waals surface area (Å²) in [5.74, 6) is 0.409. The Morgan fingerprint density at radius 3 is 2.29 bits per heavy atom. The third-order valence-electron chi connectivity index (χ3n) is 3.18. The summed E-state index contributed by atoms with van der Waals surface area (Å²) in [5.41, 5.74) is 10.3. The summed E-state index contributed by atoms with van der Waals surface area (Å²) in [7, 11) is 0. The van der Waals surface area contributed by atoms with E-state index in [4.69, 9.17) is 5.73 Å². The van der Waals surface area contributed by atoms with Crippen LogP contribution in [0.4, 0.5) is 11.4 Å². The molecule has 0 spiro atoms. The molecule has 2 aromatic rings. The summed E-state index contributed by atoms with van der Waals surface area (Å²) in [6.07, 6.45) is 2.00. The lowest BCUT2D eigenvalue weighted by Crippen LogP contribution is -3.00. The maximum absolute atomic E-state index is 5.96. The Balaban J connectivity index is 0.00000220. The van der Waals surface area contributed by atoms with Crippen molar-refractivity contribution in [3.8, 4) is 0 Å². The molecule has 3 N–H and O–H groups in total. The van der Waals surface area contributed by atoms with Crippen molar-refractivity contribution in [2.24, 2.45) is 10.7 Å². The number of nitrogens with zero attached hydrogens (tertiary/aromatic N) is 1. The van der Waals surface area contributed by atoms with E-state index in [2.05, 4.69) is 48.4 Å². The number of halogens is 1. The standard InChI is InChI=1S/C17H21N3.ClH/c1-3-13-7-5-9-15(11-13)19-17(18)20-16-10-6-8-14(4-2)12-16;/h5-12H,3-4H2,1-2H3,(H3,18,19,20);1H/p-1. The van der Waals surface area contributed by atoms with Gasteiger partial charge in [0.2, 0.25) is 0 Å². The molecular formula is C17H21ClN3-. The Hall–Kier alpha value is -2.00. The minimum atomic E-state index is 0. The molecule has 2 aromatic carbocycles. The lowest BCUT2D eigenvalue weighted by Gasteiger charge is -2.07. The first-order valence-electron chi connectivity index (χ1n) is 7.00. The van der Waals surface area contributed by atoms with Crippen LogP contribution in [0, 0.1) is 0 Å². The van der Waals surface area contributed by atoms with E-state index >= 15 is 0 Å². The minimum absolute atomic E-state index is 0. The van der Waals surface area contributed by atoms with Crippen LogP contribution in [0.5, 0.6) is 0 Å². The van der Waals surface area contributed by atoms with Gasteiger partial charge in [0.25, 0.3) is 0 Å². The molecule has 0 aliphatic heterocycles. The third-order valence-corrected chi connectivity index (χ3v) is 3.18. The zero-order valence-corrected chi connectivity index (χ0v) is 13.2. The molecule has 0 aliphatic rings. The molecule has 0 aliphatic carbocycles. The van der Waals surface area contributed by atoms with Crippen LogP contribution in [0.1, 0.15) is 25.0 Å². The lowest BCUT2D eigenvalue weighted by atomic mass is 10.1. The quantitative estimate of drug-likeness (QED) is 0.650. The van der Waals surface area contributed by atoms with Crippen molar-refractivity contribution in [3.05, 3.63) is 59.7 Å². The molecule has 0 saturated carbocycles. The molecule has 0 bridgehead atoms. The average molecular weight is 303 g/mol. The molecule has 0 aromatic heterocycles. The van der Waals surface area contributed by atoms with E-state index in [0.717, 1.165) is 24.2 Å². The fraction of sp³-hybridized carbons (Fsp3) is 0.235. The fourth-order valence-electron chi connectivity index (χ4n) is 2.03. The molecular weight excluding hydrogens is 282 g/mol. The highest BCUT2D eigenvalue weighted by atomic mass is 35.5. The van der Waals surface area contributed by atoms with Crippen LogP contribution in [-0.4, -0.2) is 5.96 Å². The number of aliphatic imine (C=N–C) groups is 1. The average Bonchev–Trinajstić information content (AvgIpc) is 2.47. The van der Waals surface area contributed by atoms with Gasteiger partial charge in [0.1, 0.15) is 0 Å². The predicted octanol–water partition coefficient (Wildman–Crippen LogP) is 0.874. The van der Waals surface area contributed by atoms with Crippen LogP contribution >= 0.6 is 0 Å². The number of aryl methyl sites for hydroxylation is 2. The van der Waals surface area contributed by atoms with E-state index < -0.39 is 0 Å². The number of anilines is 1. The highest BCUT2D eigenvalue weighted by Crippen LogP contribution is 2.15. The first-order valence-corrected chi connectivity index (χ1v) is 7.00. The molecule has 112 valence electrons. The Morgan fingerprint density at radius 2 is 1.62 bits per heavy atom. The summed E-state index contributed by atoms with van der Waals surface area (Å²) in [4.78, 5) is 4.40. The number of hydrogen-bond donors (Lipinski definition) is 2. The Morgan fingerprint density at radius 1 is 1.00 bits per heavy atom. The van der Waals surface area contributed by atoms with Gasteiger partial charge in [-0.3, -0.25) is 0 Å². The SMILES string of the molecule is CCc1cccc(N=C(N)Nc2cccc(CC)c2)c1.[Cl-]. The number of benzene rings is 2. The van der Waals surface area contributed by atoms with E-state index in [-0.39, 0.29) is 12.4 Å². The van der Waals surface area contributed by atoms with Crippen LogP contribution in [0.3, 0.4) is 0 Å². The topological polar surface area (TPSA) is 50.4 Å². The highest BCUT2D eigenvalue weighted by Gasteiger charge is 1.98. The predicted molar refractivity (Wildman–Crippen MR) is 86.5 cm³/mol. The van der Waals surface area contributed by atoms with Crippen molar-refractivity contribution >= 4 is 17.3 Å². The van der Waals surface area contributed by atoms with Gasteiger partial charge in [-0.2, -0.15) is 0 Å². The van der Waals surface area contributed by atoms with Gasteiger partial charge < -0.3 is 23.5 Å². The summed E-state index contributed by atoms with van der Waals surface area (Å²) in [6.45, 7) is 4.26. The van der Waals surface area contributed by atoms with Gasteiger partial charge in [-0.1, -0.05) is 38.1 Å². The van der Waals surface area contributed by atoms with Crippen molar-refractivity contribution in [2.45, 2.75) is 26.7 Å². The van der Waals surface area contributed by atoms with Gasteiger partial charge in [0.15, 0.2) is 5.96 Å². The van der Waals surface area contributed by atoms with Crippen LogP contribution < -0.4 is 23.5 Å². The molecule has 4 heteroatoms. The molecule has 0 radical (unpaired) electrons. The third kappa shape index (κ3) is 5.12. The van der Waals surface area contributed by atoms with Crippen molar-refractivity contribution in [3.63, 3.8) is 0 Å². The first-order chi connectivity index (χ1) is 9.71. The van der Waals surface area contributed by atoms with Crippen LogP contribution in [0.15, 0.2) is 53.5 Å². The van der Waals surface area contributed by atoms with Gasteiger partial charge in [0.05, 0.1) is 5.69 Å². The van der Waals surface area contributed by atoms with E-state index in [1.165, 1.54) is 11.1 Å². The minimum Gasteiger partial charge on any atom is -1.00 e. The van der Waals surface area contributed by atoms with Gasteiger partial charge in [-0.15, -0.1) is 0 Å². The van der Waals surface area contributed by atoms with Crippen molar-refractivity contribution in [1.82, 2.24) is 0 Å². The zero-order chi connectivity index (χ0) is 14.4. The molecule has 0 amide bonds. The molecule has 21 heavy (non-hydrogen) atoms. The fourth-order valence-corrected chi connectivity index (χ4v) is 2.03. The summed E-state index contributed by atoms with van der Waals surface area (Å²) < 4.78 is 0. The smallest absolute Gasteiger partial charge is 0.198 e. The maximum atomic E-state index is 5.96. The molecule has 0 atom stereocenters. The van der Waals surface area contributed by atoms with Gasteiger partial charge in [-0.05, 0) is 48.2 Å². The number of rotatable bonds is 4. The molecule has 2 rings (SSSR count). The largest absolute Gasteiger partial charge is 1.00 e. The molecule has 0 unspecified atom stereocenters. The van der Waals surface area contributed by atoms with Crippen molar-refractivity contribution < 1.29 is 12.4 Å². The van der Waals surface area contributed by atoms with Crippen LogP contribution in [0.25, 0.3) is 0 Å². The van der Waals surface area contributed by atoms with Crippen molar-refractivity contribution in [2.75, 3.05) is 5.32 Å². The lowest BCUT2D eigenvalue weighted by molar-refractivity contribution is -0.00000436. The van der Waals surface area contributed by atoms with E-state index in [9.17, 15) is 0 Å². The second kappa shape index (κ2) is 8.32. The maximum Gasteiger partial charge on any atom is 0.198 e. The molecule has 0 saturated heterocycles. The van der Waals surface area contributed by atoms with Gasteiger partial charge >= 0.3 is 0 Å². The Kier molecular flexibility index (Phi) is 6.76. The van der Waals surface area contributed by atoms with E-state index in [0.29, 0.717) is 5.96 Å². The number of nitrogens with one attached hydrogen (secondary N) is 1. The highest BCUT2D eigenvalue weighted by molar-refractivity contribution is 5.94. The number of nitrogens with two attached hydrogens (primary N) is 1. The van der Waals surface area contributed by atoms with Crippen molar-refractivity contribution in [1.29, 1.82) is 0 Å². The second-order valence-electron chi connectivity index (χ2n) is 4.70. The zero-order valence-electron chi connectivity index (χ0n) is 12.4. The number of guanidine groups is 1.